The van der Waals surface area contributed by atoms with Gasteiger partial charge in [-0.05, 0) is 24.8 Å². The molecule has 3 N–H and O–H groups in total. The Bertz CT molecular complexity index is 522. The SMILES string of the molecule is O=C(N[C@H]1CC[C@H](O)CCN(C(=O)O)C1)OCc1ccccc1. The molecular formula is C16H22N2O5. The van der Waals surface area contributed by atoms with Gasteiger partial charge in [0.2, 0.25) is 0 Å². The molecule has 0 unspecified atom stereocenters. The minimum absolute atomic E-state index is 0.157. The maximum absolute atomic E-state index is 11.9. The van der Waals surface area contributed by atoms with Crippen LogP contribution in [-0.2, 0) is 11.3 Å². The second-order valence-corrected chi connectivity index (χ2v) is 5.65. The van der Waals surface area contributed by atoms with Gasteiger partial charge in [0.1, 0.15) is 6.61 Å². The van der Waals surface area contributed by atoms with Crippen molar-refractivity contribution in [3.05, 3.63) is 35.9 Å². The van der Waals surface area contributed by atoms with Crippen LogP contribution in [0.1, 0.15) is 24.8 Å². The summed E-state index contributed by atoms with van der Waals surface area (Å²) in [6.07, 6.45) is -0.746. The van der Waals surface area contributed by atoms with E-state index in [0.29, 0.717) is 19.3 Å². The Labute approximate surface area is 134 Å². The van der Waals surface area contributed by atoms with E-state index in [1.807, 2.05) is 30.3 Å². The predicted molar refractivity (Wildman–Crippen MR) is 83.0 cm³/mol. The van der Waals surface area contributed by atoms with Gasteiger partial charge in [0.15, 0.2) is 0 Å². The zero-order chi connectivity index (χ0) is 16.7. The first-order chi connectivity index (χ1) is 11.0. The quantitative estimate of drug-likeness (QED) is 0.788. The Morgan fingerprint density at radius 3 is 2.65 bits per heavy atom. The Morgan fingerprint density at radius 2 is 1.96 bits per heavy atom. The summed E-state index contributed by atoms with van der Waals surface area (Å²) in [4.78, 5) is 24.3. The lowest BCUT2D eigenvalue weighted by Crippen LogP contribution is -2.48. The number of carboxylic acid groups (broad SMARTS) is 1. The number of amides is 2. The van der Waals surface area contributed by atoms with Crippen LogP contribution in [0.4, 0.5) is 9.59 Å². The number of likely N-dealkylation sites (tertiary alicyclic amines) is 1. The van der Waals surface area contributed by atoms with Crippen LogP contribution in [0, 0.1) is 0 Å². The molecule has 2 amide bonds. The fraction of sp³-hybridized carbons (Fsp3) is 0.500. The molecule has 0 aliphatic carbocycles. The van der Waals surface area contributed by atoms with Crippen LogP contribution < -0.4 is 5.32 Å². The molecule has 0 spiro atoms. The van der Waals surface area contributed by atoms with Crippen molar-refractivity contribution in [2.45, 2.75) is 38.0 Å². The van der Waals surface area contributed by atoms with Gasteiger partial charge < -0.3 is 25.2 Å². The molecule has 7 nitrogen and oxygen atoms in total. The summed E-state index contributed by atoms with van der Waals surface area (Å²) in [7, 11) is 0. The highest BCUT2D eigenvalue weighted by atomic mass is 16.5. The Morgan fingerprint density at radius 1 is 1.22 bits per heavy atom. The lowest BCUT2D eigenvalue weighted by atomic mass is 10.0. The van der Waals surface area contributed by atoms with Crippen LogP contribution in [0.15, 0.2) is 30.3 Å². The van der Waals surface area contributed by atoms with Crippen LogP contribution in [0.5, 0.6) is 0 Å². The van der Waals surface area contributed by atoms with E-state index in [4.69, 9.17) is 9.84 Å². The van der Waals surface area contributed by atoms with Crippen molar-refractivity contribution >= 4 is 12.2 Å². The zero-order valence-electron chi connectivity index (χ0n) is 12.9. The predicted octanol–water partition coefficient (Wildman–Crippen LogP) is 1.81. The molecule has 0 saturated carbocycles. The third-order valence-corrected chi connectivity index (χ3v) is 3.83. The van der Waals surface area contributed by atoms with Gasteiger partial charge in [-0.1, -0.05) is 30.3 Å². The minimum atomic E-state index is -1.05. The number of aliphatic hydroxyl groups excluding tert-OH is 1. The van der Waals surface area contributed by atoms with Gasteiger partial charge in [-0.2, -0.15) is 0 Å². The number of aliphatic hydroxyl groups is 1. The summed E-state index contributed by atoms with van der Waals surface area (Å²) in [6, 6.07) is 8.93. The van der Waals surface area contributed by atoms with Crippen LogP contribution in [-0.4, -0.2) is 52.5 Å². The minimum Gasteiger partial charge on any atom is -0.465 e. The van der Waals surface area contributed by atoms with E-state index >= 15 is 0 Å². The number of rotatable bonds is 3. The van der Waals surface area contributed by atoms with E-state index < -0.39 is 18.3 Å². The molecule has 0 radical (unpaired) electrons. The second-order valence-electron chi connectivity index (χ2n) is 5.65. The molecule has 7 heteroatoms. The number of ether oxygens (including phenoxy) is 1. The first-order valence-corrected chi connectivity index (χ1v) is 7.67. The van der Waals surface area contributed by atoms with E-state index in [1.54, 1.807) is 0 Å². The number of hydrogen-bond acceptors (Lipinski definition) is 4. The van der Waals surface area contributed by atoms with Crippen molar-refractivity contribution in [3.63, 3.8) is 0 Å². The van der Waals surface area contributed by atoms with Gasteiger partial charge >= 0.3 is 12.2 Å². The smallest absolute Gasteiger partial charge is 0.407 e. The maximum atomic E-state index is 11.9. The standard InChI is InChI=1S/C16H22N2O5/c19-14-7-6-13(10-18(9-8-14)16(21)22)17-15(20)23-11-12-4-2-1-3-5-12/h1-5,13-14,19H,6-11H2,(H,17,20)(H,21,22)/t13-,14-/m0/s1. The molecule has 23 heavy (non-hydrogen) atoms. The van der Waals surface area contributed by atoms with Gasteiger partial charge in [-0.25, -0.2) is 9.59 Å². The molecule has 0 aromatic heterocycles. The van der Waals surface area contributed by atoms with Crippen molar-refractivity contribution in [1.82, 2.24) is 10.2 Å². The molecule has 1 heterocycles. The summed E-state index contributed by atoms with van der Waals surface area (Å²) in [5.41, 5.74) is 0.878. The van der Waals surface area contributed by atoms with Crippen LogP contribution in [0.3, 0.4) is 0 Å². The lowest BCUT2D eigenvalue weighted by molar-refractivity contribution is 0.0884. The summed E-state index contributed by atoms with van der Waals surface area (Å²) in [6.45, 7) is 0.612. The topological polar surface area (TPSA) is 99.1 Å². The molecule has 2 rings (SSSR count). The normalized spacial score (nSPS) is 21.9. The van der Waals surface area contributed by atoms with E-state index in [1.165, 1.54) is 4.90 Å². The molecule has 1 aromatic rings. The summed E-state index contributed by atoms with van der Waals surface area (Å²) >= 11 is 0. The van der Waals surface area contributed by atoms with Crippen molar-refractivity contribution in [2.75, 3.05) is 13.1 Å². The number of hydrogen-bond donors (Lipinski definition) is 3. The molecule has 1 fully saturated rings. The number of benzene rings is 1. The van der Waals surface area contributed by atoms with Crippen molar-refractivity contribution in [2.24, 2.45) is 0 Å². The Hall–Kier alpha value is -2.28. The molecule has 1 aromatic carbocycles. The Kier molecular flexibility index (Phi) is 6.22. The van der Waals surface area contributed by atoms with Crippen molar-refractivity contribution < 1.29 is 24.5 Å². The number of carbonyl (C=O) groups excluding carboxylic acids is 1. The molecule has 126 valence electrons. The first kappa shape index (κ1) is 17.1. The van der Waals surface area contributed by atoms with Crippen molar-refractivity contribution in [1.29, 1.82) is 0 Å². The third kappa shape index (κ3) is 5.78. The van der Waals surface area contributed by atoms with Gasteiger partial charge in [0.25, 0.3) is 0 Å². The van der Waals surface area contributed by atoms with E-state index in [-0.39, 0.29) is 25.7 Å². The highest BCUT2D eigenvalue weighted by Gasteiger charge is 2.24. The highest BCUT2D eigenvalue weighted by molar-refractivity contribution is 5.68. The second kappa shape index (κ2) is 8.38. The molecule has 1 aliphatic rings. The van der Waals surface area contributed by atoms with Crippen LogP contribution in [0.25, 0.3) is 0 Å². The first-order valence-electron chi connectivity index (χ1n) is 7.67. The van der Waals surface area contributed by atoms with E-state index in [0.717, 1.165) is 5.56 Å². The molecule has 1 aliphatic heterocycles. The molecule has 1 saturated heterocycles. The number of nitrogens with zero attached hydrogens (tertiary/aromatic N) is 1. The average Bonchev–Trinajstić information content (AvgIpc) is 2.53. The Balaban J connectivity index is 1.85. The highest BCUT2D eigenvalue weighted by Crippen LogP contribution is 2.13. The average molecular weight is 322 g/mol. The number of alkyl carbamates (subject to hydrolysis) is 1. The lowest BCUT2D eigenvalue weighted by Gasteiger charge is -2.30. The zero-order valence-corrected chi connectivity index (χ0v) is 12.9. The monoisotopic (exact) mass is 322 g/mol. The van der Waals surface area contributed by atoms with Gasteiger partial charge in [0, 0.05) is 19.1 Å². The number of nitrogens with one attached hydrogen (secondary N) is 1. The van der Waals surface area contributed by atoms with Crippen molar-refractivity contribution in [3.8, 4) is 0 Å². The maximum Gasteiger partial charge on any atom is 0.407 e. The summed E-state index contributed by atoms with van der Waals surface area (Å²) in [5.74, 6) is 0. The van der Waals surface area contributed by atoms with Crippen LogP contribution in [0.2, 0.25) is 0 Å². The van der Waals surface area contributed by atoms with Gasteiger partial charge in [-0.15, -0.1) is 0 Å². The molecule has 2 atom stereocenters. The summed E-state index contributed by atoms with van der Waals surface area (Å²) in [5, 5.41) is 21.6. The molecular weight excluding hydrogens is 300 g/mol. The van der Waals surface area contributed by atoms with Gasteiger partial charge in [-0.3, -0.25) is 0 Å². The molecule has 0 bridgehead atoms. The van der Waals surface area contributed by atoms with Gasteiger partial charge in [0.05, 0.1) is 6.10 Å². The fourth-order valence-electron chi connectivity index (χ4n) is 2.51. The number of carbonyl (C=O) groups is 2. The summed E-state index contributed by atoms with van der Waals surface area (Å²) < 4.78 is 5.15. The largest absolute Gasteiger partial charge is 0.465 e. The van der Waals surface area contributed by atoms with Crippen LogP contribution >= 0.6 is 0 Å². The van der Waals surface area contributed by atoms with E-state index in [2.05, 4.69) is 5.32 Å². The van der Waals surface area contributed by atoms with E-state index in [9.17, 15) is 14.7 Å². The fourth-order valence-corrected chi connectivity index (χ4v) is 2.51. The third-order valence-electron chi connectivity index (χ3n) is 3.83.